The van der Waals surface area contributed by atoms with E-state index >= 15 is 0 Å². The first kappa shape index (κ1) is 19.1. The number of aryl methyl sites for hydroxylation is 1. The van der Waals surface area contributed by atoms with Crippen LogP contribution >= 0.6 is 11.6 Å². The zero-order valence-electron chi connectivity index (χ0n) is 15.1. The molecule has 1 aromatic heterocycles. The molecule has 0 aliphatic heterocycles. The molecule has 5 nitrogen and oxygen atoms in total. The third-order valence-electron chi connectivity index (χ3n) is 3.93. The second-order valence-electron chi connectivity index (χ2n) is 6.30. The number of H-pyrrole nitrogens is 1. The highest BCUT2D eigenvalue weighted by molar-refractivity contribution is 6.31. The second kappa shape index (κ2) is 7.74. The molecule has 0 saturated carbocycles. The maximum absolute atomic E-state index is 12.6. The summed E-state index contributed by atoms with van der Waals surface area (Å²) in [7, 11) is 0. The summed E-state index contributed by atoms with van der Waals surface area (Å²) in [5.74, 6) is -0.726. The van der Waals surface area contributed by atoms with Gasteiger partial charge in [0.1, 0.15) is 5.69 Å². The molecule has 1 heterocycles. The van der Waals surface area contributed by atoms with E-state index in [1.54, 1.807) is 33.8 Å². The van der Waals surface area contributed by atoms with E-state index in [0.29, 0.717) is 27.5 Å². The Bertz CT molecular complexity index is 796. The van der Waals surface area contributed by atoms with E-state index in [9.17, 15) is 9.59 Å². The van der Waals surface area contributed by atoms with Gasteiger partial charge in [0, 0.05) is 10.7 Å². The van der Waals surface area contributed by atoms with Crippen LogP contribution in [0.25, 0.3) is 0 Å². The fourth-order valence-corrected chi connectivity index (χ4v) is 3.03. The van der Waals surface area contributed by atoms with Crippen LogP contribution in [-0.4, -0.2) is 23.0 Å². The predicted octanol–water partition coefficient (Wildman–Crippen LogP) is 4.34. The Hall–Kier alpha value is -2.27. The van der Waals surface area contributed by atoms with E-state index in [1.807, 2.05) is 25.1 Å². The fraction of sp³-hybridized carbons (Fsp3) is 0.368. The minimum absolute atomic E-state index is 0.223. The van der Waals surface area contributed by atoms with Crippen molar-refractivity contribution in [2.45, 2.75) is 46.8 Å². The van der Waals surface area contributed by atoms with Gasteiger partial charge in [0.05, 0.1) is 17.7 Å². The number of hydrogen-bond acceptors (Lipinski definition) is 3. The van der Waals surface area contributed by atoms with Crippen molar-refractivity contribution in [3.05, 3.63) is 57.4 Å². The molecule has 2 aromatic rings. The quantitative estimate of drug-likeness (QED) is 0.777. The van der Waals surface area contributed by atoms with Gasteiger partial charge in [-0.05, 0) is 51.8 Å². The Morgan fingerprint density at radius 1 is 1.16 bits per heavy atom. The third kappa shape index (κ3) is 4.23. The van der Waals surface area contributed by atoms with E-state index in [0.717, 1.165) is 5.56 Å². The molecule has 0 aliphatic rings. The summed E-state index contributed by atoms with van der Waals surface area (Å²) in [6.07, 6.45) is -0.223. The molecule has 1 unspecified atom stereocenters. The number of rotatable bonds is 5. The summed E-state index contributed by atoms with van der Waals surface area (Å²) >= 11 is 6.18. The summed E-state index contributed by atoms with van der Waals surface area (Å²) in [5.41, 5.74) is 2.78. The number of esters is 1. The number of aromatic amines is 1. The number of aromatic nitrogens is 1. The van der Waals surface area contributed by atoms with Gasteiger partial charge in [0.2, 0.25) is 0 Å². The maximum atomic E-state index is 12.6. The number of carbonyl (C=O) groups excluding carboxylic acids is 2. The van der Waals surface area contributed by atoms with Gasteiger partial charge in [-0.1, -0.05) is 29.8 Å². The number of carbonyl (C=O) groups is 2. The van der Waals surface area contributed by atoms with Crippen molar-refractivity contribution in [2.75, 3.05) is 0 Å². The van der Waals surface area contributed by atoms with Crippen LogP contribution in [0, 0.1) is 13.8 Å². The van der Waals surface area contributed by atoms with Crippen molar-refractivity contribution in [1.29, 1.82) is 0 Å². The molecule has 2 N–H and O–H groups in total. The Kier molecular flexibility index (Phi) is 5.90. The molecular formula is C19H23ClN2O3. The van der Waals surface area contributed by atoms with E-state index in [2.05, 4.69) is 10.3 Å². The first-order valence-electron chi connectivity index (χ1n) is 8.17. The molecular weight excluding hydrogens is 340 g/mol. The predicted molar refractivity (Wildman–Crippen MR) is 98.2 cm³/mol. The summed E-state index contributed by atoms with van der Waals surface area (Å²) in [5, 5.41) is 3.50. The van der Waals surface area contributed by atoms with Crippen LogP contribution in [0.2, 0.25) is 5.02 Å². The zero-order valence-corrected chi connectivity index (χ0v) is 15.8. The van der Waals surface area contributed by atoms with Crippen molar-refractivity contribution in [3.63, 3.8) is 0 Å². The average Bonchev–Trinajstić information content (AvgIpc) is 2.81. The molecule has 1 atom stereocenters. The first-order chi connectivity index (χ1) is 11.7. The van der Waals surface area contributed by atoms with E-state index in [-0.39, 0.29) is 18.1 Å². The van der Waals surface area contributed by atoms with Gasteiger partial charge in [-0.15, -0.1) is 0 Å². The molecule has 0 spiro atoms. The van der Waals surface area contributed by atoms with Crippen molar-refractivity contribution in [3.8, 4) is 0 Å². The number of halogens is 1. The smallest absolute Gasteiger partial charge is 0.340 e. The Balaban J connectivity index is 2.23. The number of ether oxygens (including phenoxy) is 1. The van der Waals surface area contributed by atoms with Gasteiger partial charge in [-0.2, -0.15) is 0 Å². The SMILES string of the molecule is Cc1[nH]c(C(=O)NC(C)c2ccccc2Cl)c(C)c1C(=O)OC(C)C. The van der Waals surface area contributed by atoms with Crippen LogP contribution in [0.5, 0.6) is 0 Å². The van der Waals surface area contributed by atoms with Crippen LogP contribution in [0.4, 0.5) is 0 Å². The largest absolute Gasteiger partial charge is 0.459 e. The monoisotopic (exact) mass is 362 g/mol. The van der Waals surface area contributed by atoms with Crippen molar-refractivity contribution in [2.24, 2.45) is 0 Å². The highest BCUT2D eigenvalue weighted by Crippen LogP contribution is 2.24. The zero-order chi connectivity index (χ0) is 18.7. The minimum atomic E-state index is -0.431. The summed E-state index contributed by atoms with van der Waals surface area (Å²) in [4.78, 5) is 27.9. The molecule has 6 heteroatoms. The summed E-state index contributed by atoms with van der Waals surface area (Å²) in [6, 6.07) is 7.09. The van der Waals surface area contributed by atoms with Gasteiger partial charge in [-0.3, -0.25) is 4.79 Å². The topological polar surface area (TPSA) is 71.2 Å². The Morgan fingerprint density at radius 3 is 2.40 bits per heavy atom. The molecule has 25 heavy (non-hydrogen) atoms. The summed E-state index contributed by atoms with van der Waals surface area (Å²) < 4.78 is 5.25. The second-order valence-corrected chi connectivity index (χ2v) is 6.70. The van der Waals surface area contributed by atoms with Crippen molar-refractivity contribution < 1.29 is 14.3 Å². The van der Waals surface area contributed by atoms with Gasteiger partial charge in [0.15, 0.2) is 0 Å². The van der Waals surface area contributed by atoms with Crippen LogP contribution in [0.1, 0.15) is 64.5 Å². The molecule has 0 fully saturated rings. The van der Waals surface area contributed by atoms with Crippen LogP contribution in [-0.2, 0) is 4.74 Å². The number of nitrogens with one attached hydrogen (secondary N) is 2. The highest BCUT2D eigenvalue weighted by Gasteiger charge is 2.24. The van der Waals surface area contributed by atoms with Crippen LogP contribution < -0.4 is 5.32 Å². The van der Waals surface area contributed by atoms with E-state index in [1.165, 1.54) is 0 Å². The Morgan fingerprint density at radius 2 is 1.80 bits per heavy atom. The first-order valence-corrected chi connectivity index (χ1v) is 8.55. The molecule has 1 aromatic carbocycles. The van der Waals surface area contributed by atoms with Gasteiger partial charge in [-0.25, -0.2) is 4.79 Å². The van der Waals surface area contributed by atoms with Gasteiger partial charge in [0.25, 0.3) is 5.91 Å². The Labute approximate surface area is 152 Å². The lowest BCUT2D eigenvalue weighted by Crippen LogP contribution is -2.27. The molecule has 1 amide bonds. The molecule has 134 valence electrons. The fourth-order valence-electron chi connectivity index (χ4n) is 2.73. The maximum Gasteiger partial charge on any atom is 0.340 e. The molecule has 0 aliphatic carbocycles. The lowest BCUT2D eigenvalue weighted by atomic mass is 10.1. The van der Waals surface area contributed by atoms with E-state index in [4.69, 9.17) is 16.3 Å². The number of amides is 1. The molecule has 0 radical (unpaired) electrons. The standard InChI is InChI=1S/C19H23ClN2O3/c1-10(2)25-19(24)16-11(3)17(21-13(16)5)18(23)22-12(4)14-8-6-7-9-15(14)20/h6-10,12,21H,1-5H3,(H,22,23). The number of benzene rings is 1. The molecule has 0 saturated heterocycles. The minimum Gasteiger partial charge on any atom is -0.459 e. The normalized spacial score (nSPS) is 12.1. The van der Waals surface area contributed by atoms with Gasteiger partial charge < -0.3 is 15.0 Å². The van der Waals surface area contributed by atoms with Crippen LogP contribution in [0.3, 0.4) is 0 Å². The number of hydrogen-bond donors (Lipinski definition) is 2. The van der Waals surface area contributed by atoms with Gasteiger partial charge >= 0.3 is 5.97 Å². The van der Waals surface area contributed by atoms with Crippen molar-refractivity contribution in [1.82, 2.24) is 10.3 Å². The average molecular weight is 363 g/mol. The lowest BCUT2D eigenvalue weighted by Gasteiger charge is -2.15. The third-order valence-corrected chi connectivity index (χ3v) is 4.27. The molecule has 2 rings (SSSR count). The van der Waals surface area contributed by atoms with E-state index < -0.39 is 5.97 Å². The highest BCUT2D eigenvalue weighted by atomic mass is 35.5. The summed E-state index contributed by atoms with van der Waals surface area (Å²) in [6.45, 7) is 8.91. The van der Waals surface area contributed by atoms with Crippen LogP contribution in [0.15, 0.2) is 24.3 Å². The van der Waals surface area contributed by atoms with Crippen molar-refractivity contribution >= 4 is 23.5 Å². The molecule has 0 bridgehead atoms. The lowest BCUT2D eigenvalue weighted by molar-refractivity contribution is 0.0376.